The van der Waals surface area contributed by atoms with E-state index in [9.17, 15) is 4.79 Å². The molecular weight excluding hydrogens is 335 g/mol. The van der Waals surface area contributed by atoms with Gasteiger partial charge in [0, 0.05) is 17.3 Å². The van der Waals surface area contributed by atoms with Crippen molar-refractivity contribution in [2.24, 2.45) is 0 Å². The first-order valence-electron chi connectivity index (χ1n) is 5.81. The number of carbonyl (C=O) groups excluding carboxylic acids is 1. The average Bonchev–Trinajstić information content (AvgIpc) is 2.46. The molecule has 2 rings (SSSR count). The molecule has 0 unspecified atom stereocenters. The van der Waals surface area contributed by atoms with Crippen molar-refractivity contribution in [2.45, 2.75) is 0 Å². The zero-order chi connectivity index (χ0) is 15.6. The lowest BCUT2D eigenvalue weighted by molar-refractivity contribution is 0.102. The molecule has 110 valence electrons. The Labute approximate surface area is 136 Å². The van der Waals surface area contributed by atoms with Gasteiger partial charge in [0.2, 0.25) is 0 Å². The lowest BCUT2D eigenvalue weighted by Gasteiger charge is -2.10. The van der Waals surface area contributed by atoms with Crippen molar-refractivity contribution in [1.82, 2.24) is 0 Å². The molecule has 0 saturated carbocycles. The Bertz CT molecular complexity index is 682. The average molecular weight is 346 g/mol. The van der Waals surface area contributed by atoms with Gasteiger partial charge in [0.1, 0.15) is 5.75 Å². The third kappa shape index (κ3) is 3.53. The minimum absolute atomic E-state index is 0.218. The van der Waals surface area contributed by atoms with Gasteiger partial charge < -0.3 is 15.8 Å². The summed E-state index contributed by atoms with van der Waals surface area (Å²) in [6, 6.07) is 7.80. The number of nitrogens with one attached hydrogen (secondary N) is 1. The first kappa shape index (κ1) is 15.8. The van der Waals surface area contributed by atoms with Crippen molar-refractivity contribution >= 4 is 52.1 Å². The van der Waals surface area contributed by atoms with Crippen molar-refractivity contribution in [3.8, 4) is 5.75 Å². The fourth-order valence-electron chi connectivity index (χ4n) is 1.68. The van der Waals surface area contributed by atoms with Crippen LogP contribution in [0.4, 0.5) is 11.4 Å². The van der Waals surface area contributed by atoms with Crippen LogP contribution in [0.25, 0.3) is 0 Å². The number of nitrogens with two attached hydrogens (primary N) is 1. The van der Waals surface area contributed by atoms with E-state index < -0.39 is 0 Å². The molecule has 0 atom stereocenters. The number of methoxy groups -OCH3 is 1. The van der Waals surface area contributed by atoms with Crippen LogP contribution in [0.2, 0.25) is 15.1 Å². The van der Waals surface area contributed by atoms with E-state index in [1.54, 1.807) is 18.2 Å². The predicted molar refractivity (Wildman–Crippen MR) is 86.8 cm³/mol. The van der Waals surface area contributed by atoms with Crippen molar-refractivity contribution in [2.75, 3.05) is 18.2 Å². The fourth-order valence-corrected chi connectivity index (χ4v) is 2.21. The summed E-state index contributed by atoms with van der Waals surface area (Å²) >= 11 is 17.7. The maximum Gasteiger partial charge on any atom is 0.255 e. The van der Waals surface area contributed by atoms with E-state index in [1.807, 2.05) is 0 Å². The van der Waals surface area contributed by atoms with Gasteiger partial charge in [-0.2, -0.15) is 0 Å². The van der Waals surface area contributed by atoms with Crippen LogP contribution < -0.4 is 15.8 Å². The number of ether oxygens (including phenoxy) is 1. The second kappa shape index (κ2) is 6.43. The van der Waals surface area contributed by atoms with E-state index >= 15 is 0 Å². The highest BCUT2D eigenvalue weighted by atomic mass is 35.5. The molecule has 0 radical (unpaired) electrons. The zero-order valence-electron chi connectivity index (χ0n) is 10.9. The molecule has 0 aliphatic rings. The molecule has 4 nitrogen and oxygen atoms in total. The number of rotatable bonds is 3. The second-order valence-electron chi connectivity index (χ2n) is 4.16. The summed E-state index contributed by atoms with van der Waals surface area (Å²) in [5.41, 5.74) is 6.76. The van der Waals surface area contributed by atoms with E-state index in [2.05, 4.69) is 5.32 Å². The minimum atomic E-state index is -0.371. The van der Waals surface area contributed by atoms with Crippen LogP contribution in [-0.2, 0) is 0 Å². The lowest BCUT2D eigenvalue weighted by Crippen LogP contribution is -2.12. The number of benzene rings is 2. The van der Waals surface area contributed by atoms with Crippen molar-refractivity contribution in [3.05, 3.63) is 51.0 Å². The van der Waals surface area contributed by atoms with E-state index in [0.717, 1.165) is 0 Å². The topological polar surface area (TPSA) is 64.3 Å². The second-order valence-corrected chi connectivity index (χ2v) is 5.36. The van der Waals surface area contributed by atoms with Crippen LogP contribution in [0.1, 0.15) is 10.4 Å². The number of hydrogen-bond acceptors (Lipinski definition) is 3. The smallest absolute Gasteiger partial charge is 0.255 e. The quantitative estimate of drug-likeness (QED) is 0.806. The van der Waals surface area contributed by atoms with E-state index in [0.29, 0.717) is 22.0 Å². The maximum absolute atomic E-state index is 12.2. The molecule has 0 spiro atoms. The molecule has 0 aromatic heterocycles. The first-order valence-corrected chi connectivity index (χ1v) is 6.95. The van der Waals surface area contributed by atoms with Gasteiger partial charge in [-0.1, -0.05) is 34.8 Å². The highest BCUT2D eigenvalue weighted by Crippen LogP contribution is 2.30. The zero-order valence-corrected chi connectivity index (χ0v) is 13.2. The van der Waals surface area contributed by atoms with Crippen LogP contribution in [0.5, 0.6) is 5.75 Å². The van der Waals surface area contributed by atoms with Crippen molar-refractivity contribution in [1.29, 1.82) is 0 Å². The van der Waals surface area contributed by atoms with Crippen LogP contribution >= 0.6 is 34.8 Å². The molecule has 2 aromatic carbocycles. The highest BCUT2D eigenvalue weighted by Gasteiger charge is 2.12. The normalized spacial score (nSPS) is 10.3. The van der Waals surface area contributed by atoms with Crippen LogP contribution in [0.3, 0.4) is 0 Å². The molecule has 1 amide bonds. The third-order valence-corrected chi connectivity index (χ3v) is 3.86. The summed E-state index contributed by atoms with van der Waals surface area (Å²) in [6.07, 6.45) is 0. The number of carbonyl (C=O) groups is 1. The lowest BCUT2D eigenvalue weighted by atomic mass is 10.2. The Morgan fingerprint density at radius 2 is 1.86 bits per heavy atom. The largest absolute Gasteiger partial charge is 0.495 e. The van der Waals surface area contributed by atoms with Gasteiger partial charge in [0.15, 0.2) is 0 Å². The van der Waals surface area contributed by atoms with Gasteiger partial charge in [0.25, 0.3) is 5.91 Å². The first-order chi connectivity index (χ1) is 9.92. The van der Waals surface area contributed by atoms with Gasteiger partial charge >= 0.3 is 0 Å². The standard InChI is InChI=1S/C14H11Cl3N2O2/c1-21-12-6-8(2-3-9(12)15)19-14(20)7-4-10(16)13(17)11(18)5-7/h2-6H,18H2,1H3,(H,19,20). The molecule has 0 aliphatic carbocycles. The summed E-state index contributed by atoms with van der Waals surface area (Å²) in [7, 11) is 1.49. The number of anilines is 2. The molecule has 7 heteroatoms. The summed E-state index contributed by atoms with van der Waals surface area (Å²) < 4.78 is 5.09. The summed E-state index contributed by atoms with van der Waals surface area (Å²) in [4.78, 5) is 12.2. The summed E-state index contributed by atoms with van der Waals surface area (Å²) in [5, 5.41) is 3.59. The fraction of sp³-hybridized carbons (Fsp3) is 0.0714. The number of halogens is 3. The van der Waals surface area contributed by atoms with Gasteiger partial charge in [-0.25, -0.2) is 0 Å². The molecule has 0 bridgehead atoms. The summed E-state index contributed by atoms with van der Waals surface area (Å²) in [5.74, 6) is 0.0905. The highest BCUT2D eigenvalue weighted by molar-refractivity contribution is 6.44. The SMILES string of the molecule is COc1cc(NC(=O)c2cc(N)c(Cl)c(Cl)c2)ccc1Cl. The van der Waals surface area contributed by atoms with Gasteiger partial charge in [-0.05, 0) is 24.3 Å². The Balaban J connectivity index is 2.26. The monoisotopic (exact) mass is 344 g/mol. The number of hydrogen-bond donors (Lipinski definition) is 2. The summed E-state index contributed by atoms with van der Waals surface area (Å²) in [6.45, 7) is 0. The molecular formula is C14H11Cl3N2O2. The third-order valence-electron chi connectivity index (χ3n) is 2.73. The van der Waals surface area contributed by atoms with Crippen molar-refractivity contribution < 1.29 is 9.53 Å². The Morgan fingerprint density at radius 3 is 2.48 bits per heavy atom. The molecule has 0 aliphatic heterocycles. The van der Waals surface area contributed by atoms with Crippen LogP contribution in [-0.4, -0.2) is 13.0 Å². The minimum Gasteiger partial charge on any atom is -0.495 e. The molecule has 3 N–H and O–H groups in total. The molecule has 0 fully saturated rings. The van der Waals surface area contributed by atoms with E-state index in [1.165, 1.54) is 19.2 Å². The number of nitrogen functional groups attached to an aromatic ring is 1. The van der Waals surface area contributed by atoms with Crippen molar-refractivity contribution in [3.63, 3.8) is 0 Å². The number of amides is 1. The molecule has 0 heterocycles. The Kier molecular flexibility index (Phi) is 4.83. The maximum atomic E-state index is 12.2. The Hall–Kier alpha value is -1.62. The van der Waals surface area contributed by atoms with Gasteiger partial charge in [0.05, 0.1) is 27.9 Å². The van der Waals surface area contributed by atoms with Gasteiger partial charge in [-0.15, -0.1) is 0 Å². The van der Waals surface area contributed by atoms with E-state index in [4.69, 9.17) is 45.3 Å². The Morgan fingerprint density at radius 1 is 1.14 bits per heavy atom. The molecule has 0 saturated heterocycles. The van der Waals surface area contributed by atoms with Crippen LogP contribution in [0.15, 0.2) is 30.3 Å². The molecule has 21 heavy (non-hydrogen) atoms. The molecule has 2 aromatic rings. The predicted octanol–water partition coefficient (Wildman–Crippen LogP) is 4.49. The van der Waals surface area contributed by atoms with Gasteiger partial charge in [-0.3, -0.25) is 4.79 Å². The van der Waals surface area contributed by atoms with Crippen LogP contribution in [0, 0.1) is 0 Å². The van der Waals surface area contributed by atoms with E-state index in [-0.39, 0.29) is 21.6 Å².